The van der Waals surface area contributed by atoms with E-state index in [-0.39, 0.29) is 0 Å². The molecule has 0 amide bonds. The van der Waals surface area contributed by atoms with E-state index in [4.69, 9.17) is 11.5 Å². The van der Waals surface area contributed by atoms with Crippen LogP contribution in [0.25, 0.3) is 44.1 Å². The highest BCUT2D eigenvalue weighted by Gasteiger charge is 2.14. The topological polar surface area (TPSA) is 77.8 Å². The highest BCUT2D eigenvalue weighted by atomic mass is 14.9. The Morgan fingerprint density at radius 3 is 1.29 bits per heavy atom. The average Bonchev–Trinajstić information content (AvgIpc) is 2.74. The summed E-state index contributed by atoms with van der Waals surface area (Å²) in [6.45, 7) is 0. The predicted octanol–water partition coefficient (Wildman–Crippen LogP) is 5.28. The molecular formula is C24H18N4. The lowest BCUT2D eigenvalue weighted by atomic mass is 9.96. The molecular weight excluding hydrogens is 344 g/mol. The Balaban J connectivity index is 1.89. The maximum atomic E-state index is 6.17. The largest absolute Gasteiger partial charge is 0.384 e. The van der Waals surface area contributed by atoms with E-state index in [1.165, 1.54) is 0 Å². The molecule has 134 valence electrons. The predicted molar refractivity (Wildman–Crippen MR) is 117 cm³/mol. The van der Waals surface area contributed by atoms with Crippen LogP contribution < -0.4 is 11.5 Å². The Bertz CT molecular complexity index is 1210. The van der Waals surface area contributed by atoms with Crippen LogP contribution in [0, 0.1) is 0 Å². The van der Waals surface area contributed by atoms with Crippen LogP contribution in [0.3, 0.4) is 0 Å². The lowest BCUT2D eigenvalue weighted by Crippen LogP contribution is -1.98. The van der Waals surface area contributed by atoms with Gasteiger partial charge in [0.1, 0.15) is 11.6 Å². The van der Waals surface area contributed by atoms with Gasteiger partial charge in [0.25, 0.3) is 0 Å². The number of pyridine rings is 2. The fraction of sp³-hybridized carbons (Fsp3) is 0. The average molecular weight is 362 g/mol. The van der Waals surface area contributed by atoms with Gasteiger partial charge in [-0.25, -0.2) is 9.97 Å². The molecule has 5 aromatic rings. The Hall–Kier alpha value is -3.92. The lowest BCUT2D eigenvalue weighted by Gasteiger charge is -2.13. The zero-order valence-electron chi connectivity index (χ0n) is 15.1. The first kappa shape index (κ1) is 16.3. The summed E-state index contributed by atoms with van der Waals surface area (Å²) >= 11 is 0. The third kappa shape index (κ3) is 2.63. The van der Waals surface area contributed by atoms with Crippen molar-refractivity contribution in [3.05, 3.63) is 84.9 Å². The summed E-state index contributed by atoms with van der Waals surface area (Å²) < 4.78 is 0. The second-order valence-corrected chi connectivity index (χ2v) is 6.78. The number of nitrogens with two attached hydrogens (primary N) is 2. The van der Waals surface area contributed by atoms with Gasteiger partial charge in [-0.1, -0.05) is 72.8 Å². The van der Waals surface area contributed by atoms with E-state index >= 15 is 0 Å². The van der Waals surface area contributed by atoms with Gasteiger partial charge in [0.15, 0.2) is 0 Å². The Morgan fingerprint density at radius 2 is 0.893 bits per heavy atom. The van der Waals surface area contributed by atoms with E-state index in [0.717, 1.165) is 44.1 Å². The second-order valence-electron chi connectivity index (χ2n) is 6.78. The quantitative estimate of drug-likeness (QED) is 0.419. The van der Waals surface area contributed by atoms with E-state index in [1.807, 2.05) is 48.5 Å². The number of benzene rings is 3. The molecule has 2 heterocycles. The van der Waals surface area contributed by atoms with Crippen LogP contribution in [0.5, 0.6) is 0 Å². The molecule has 4 N–H and O–H groups in total. The summed E-state index contributed by atoms with van der Waals surface area (Å²) in [5.41, 5.74) is 18.1. The Labute approximate surface area is 162 Å². The van der Waals surface area contributed by atoms with E-state index in [0.29, 0.717) is 11.6 Å². The van der Waals surface area contributed by atoms with E-state index < -0.39 is 0 Å². The molecule has 0 saturated heterocycles. The van der Waals surface area contributed by atoms with Crippen molar-refractivity contribution in [3.8, 4) is 22.3 Å². The number of nitrogen functional groups attached to an aromatic ring is 2. The smallest absolute Gasteiger partial charge is 0.124 e. The van der Waals surface area contributed by atoms with Gasteiger partial charge >= 0.3 is 0 Å². The monoisotopic (exact) mass is 362 g/mol. The molecule has 0 aliphatic heterocycles. The SMILES string of the molecule is Nc1cc(-c2ccccc2)c2ccc3c(-c4ccccc4)cc(N)nc3c2n1. The van der Waals surface area contributed by atoms with Gasteiger partial charge in [-0.05, 0) is 34.4 Å². The van der Waals surface area contributed by atoms with Gasteiger partial charge in [-0.2, -0.15) is 0 Å². The Morgan fingerprint density at radius 1 is 0.500 bits per heavy atom. The molecule has 4 heteroatoms. The molecule has 0 unspecified atom stereocenters. The number of anilines is 2. The third-order valence-electron chi connectivity index (χ3n) is 4.97. The van der Waals surface area contributed by atoms with Crippen LogP contribution >= 0.6 is 0 Å². The number of hydrogen-bond acceptors (Lipinski definition) is 4. The number of nitrogens with zero attached hydrogens (tertiary/aromatic N) is 2. The second kappa shape index (κ2) is 6.35. The van der Waals surface area contributed by atoms with Crippen molar-refractivity contribution in [2.45, 2.75) is 0 Å². The van der Waals surface area contributed by atoms with Crippen molar-refractivity contribution in [3.63, 3.8) is 0 Å². The minimum absolute atomic E-state index is 0.462. The molecule has 0 saturated carbocycles. The molecule has 0 bridgehead atoms. The van der Waals surface area contributed by atoms with Crippen LogP contribution in [-0.4, -0.2) is 9.97 Å². The van der Waals surface area contributed by atoms with Crippen molar-refractivity contribution in [1.29, 1.82) is 0 Å². The summed E-state index contributed by atoms with van der Waals surface area (Å²) in [5.74, 6) is 0.925. The fourth-order valence-corrected chi connectivity index (χ4v) is 3.73. The van der Waals surface area contributed by atoms with Crippen LogP contribution in [0.1, 0.15) is 0 Å². The van der Waals surface area contributed by atoms with Crippen LogP contribution in [0.4, 0.5) is 11.6 Å². The highest BCUT2D eigenvalue weighted by molar-refractivity contribution is 6.12. The minimum Gasteiger partial charge on any atom is -0.384 e. The summed E-state index contributed by atoms with van der Waals surface area (Å²) in [6.07, 6.45) is 0. The molecule has 0 fully saturated rings. The zero-order valence-corrected chi connectivity index (χ0v) is 15.1. The molecule has 4 nitrogen and oxygen atoms in total. The molecule has 0 spiro atoms. The molecule has 3 aromatic carbocycles. The van der Waals surface area contributed by atoms with Gasteiger partial charge in [-0.3, -0.25) is 0 Å². The number of hydrogen-bond donors (Lipinski definition) is 2. The van der Waals surface area contributed by atoms with Gasteiger partial charge in [0.2, 0.25) is 0 Å². The molecule has 28 heavy (non-hydrogen) atoms. The number of fused-ring (bicyclic) bond motifs is 3. The lowest BCUT2D eigenvalue weighted by molar-refractivity contribution is 1.38. The number of rotatable bonds is 2. The molecule has 0 radical (unpaired) electrons. The maximum Gasteiger partial charge on any atom is 0.124 e. The minimum atomic E-state index is 0.462. The molecule has 5 rings (SSSR count). The van der Waals surface area contributed by atoms with E-state index in [2.05, 4.69) is 46.4 Å². The van der Waals surface area contributed by atoms with Crippen molar-refractivity contribution in [1.82, 2.24) is 9.97 Å². The first-order valence-corrected chi connectivity index (χ1v) is 9.11. The molecule has 0 atom stereocenters. The first-order chi connectivity index (χ1) is 13.7. The normalized spacial score (nSPS) is 11.1. The first-order valence-electron chi connectivity index (χ1n) is 9.11. The van der Waals surface area contributed by atoms with Crippen molar-refractivity contribution in [2.75, 3.05) is 11.5 Å². The summed E-state index contributed by atoms with van der Waals surface area (Å²) in [6, 6.07) is 28.4. The van der Waals surface area contributed by atoms with Crippen molar-refractivity contribution in [2.24, 2.45) is 0 Å². The summed E-state index contributed by atoms with van der Waals surface area (Å²) in [7, 11) is 0. The fourth-order valence-electron chi connectivity index (χ4n) is 3.73. The van der Waals surface area contributed by atoms with Gasteiger partial charge in [0.05, 0.1) is 11.0 Å². The van der Waals surface area contributed by atoms with E-state index in [9.17, 15) is 0 Å². The van der Waals surface area contributed by atoms with Crippen molar-refractivity contribution < 1.29 is 0 Å². The third-order valence-corrected chi connectivity index (χ3v) is 4.97. The summed E-state index contributed by atoms with van der Waals surface area (Å²) in [5, 5.41) is 2.01. The van der Waals surface area contributed by atoms with Gasteiger partial charge < -0.3 is 11.5 Å². The maximum absolute atomic E-state index is 6.17. The standard InChI is InChI=1S/C24H18N4/c25-21-13-19(15-7-3-1-4-8-15)17-11-12-18-20(16-9-5-2-6-10-16)14-22(26)28-24(18)23(17)27-21/h1-14H,(H2,25,27)(H2,26,28). The van der Waals surface area contributed by atoms with Gasteiger partial charge in [-0.15, -0.1) is 0 Å². The molecule has 2 aromatic heterocycles. The van der Waals surface area contributed by atoms with Crippen LogP contribution in [0.2, 0.25) is 0 Å². The highest BCUT2D eigenvalue weighted by Crippen LogP contribution is 2.36. The van der Waals surface area contributed by atoms with E-state index in [1.54, 1.807) is 0 Å². The summed E-state index contributed by atoms with van der Waals surface area (Å²) in [4.78, 5) is 9.25. The molecule has 0 aliphatic carbocycles. The van der Waals surface area contributed by atoms with Gasteiger partial charge in [0, 0.05) is 10.8 Å². The van der Waals surface area contributed by atoms with Crippen LogP contribution in [0.15, 0.2) is 84.9 Å². The Kier molecular flexibility index (Phi) is 3.69. The molecule has 0 aliphatic rings. The van der Waals surface area contributed by atoms with Crippen LogP contribution in [-0.2, 0) is 0 Å². The van der Waals surface area contributed by atoms with Crippen molar-refractivity contribution >= 4 is 33.4 Å². The zero-order chi connectivity index (χ0) is 19.1. The number of aromatic nitrogens is 2.